The third-order valence-corrected chi connectivity index (χ3v) is 6.03. The van der Waals surface area contributed by atoms with Gasteiger partial charge in [-0.3, -0.25) is 9.69 Å². The van der Waals surface area contributed by atoms with Crippen LogP contribution in [-0.4, -0.2) is 37.0 Å². The van der Waals surface area contributed by atoms with Crippen LogP contribution < -0.4 is 10.6 Å². The van der Waals surface area contributed by atoms with E-state index in [0.29, 0.717) is 5.56 Å². The molecule has 0 bridgehead atoms. The van der Waals surface area contributed by atoms with Gasteiger partial charge >= 0.3 is 0 Å². The van der Waals surface area contributed by atoms with Crippen molar-refractivity contribution in [3.63, 3.8) is 0 Å². The van der Waals surface area contributed by atoms with Crippen molar-refractivity contribution in [3.8, 4) is 11.3 Å². The lowest BCUT2D eigenvalue weighted by Crippen LogP contribution is -2.42. The van der Waals surface area contributed by atoms with Crippen molar-refractivity contribution in [3.05, 3.63) is 89.5 Å². The maximum atomic E-state index is 12.9. The molecule has 5 nitrogen and oxygen atoms in total. The lowest BCUT2D eigenvalue weighted by atomic mass is 10.1. The first-order chi connectivity index (χ1) is 15.7. The zero-order valence-corrected chi connectivity index (χ0v) is 18.2. The molecule has 1 fully saturated rings. The van der Waals surface area contributed by atoms with Gasteiger partial charge in [-0.2, -0.15) is 0 Å². The number of hydrogen-bond donors (Lipinski definition) is 2. The van der Waals surface area contributed by atoms with Gasteiger partial charge in [0.05, 0.1) is 5.69 Å². The van der Waals surface area contributed by atoms with Gasteiger partial charge in [0.2, 0.25) is 0 Å². The fourth-order valence-corrected chi connectivity index (χ4v) is 4.28. The van der Waals surface area contributed by atoms with Crippen molar-refractivity contribution >= 4 is 22.6 Å². The lowest BCUT2D eigenvalue weighted by molar-refractivity contribution is 0.102. The fraction of sp³-hybridized carbons (Fsp3) is 0.222. The zero-order chi connectivity index (χ0) is 21.9. The van der Waals surface area contributed by atoms with Crippen LogP contribution in [0.2, 0.25) is 0 Å². The van der Waals surface area contributed by atoms with Crippen LogP contribution in [0, 0.1) is 6.92 Å². The van der Waals surface area contributed by atoms with Crippen LogP contribution >= 0.6 is 0 Å². The summed E-state index contributed by atoms with van der Waals surface area (Å²) in [5.74, 6) is 0.630. The van der Waals surface area contributed by atoms with Crippen LogP contribution in [0.15, 0.2) is 77.2 Å². The van der Waals surface area contributed by atoms with Gasteiger partial charge in [0.1, 0.15) is 11.3 Å². The first-order valence-corrected chi connectivity index (χ1v) is 11.1. The summed E-state index contributed by atoms with van der Waals surface area (Å²) in [5.41, 5.74) is 5.36. The summed E-state index contributed by atoms with van der Waals surface area (Å²) >= 11 is 0. The Balaban J connectivity index is 1.41. The molecule has 0 saturated carbocycles. The minimum absolute atomic E-state index is 0.120. The van der Waals surface area contributed by atoms with E-state index < -0.39 is 0 Å². The highest BCUT2D eigenvalue weighted by molar-refractivity contribution is 6.07. The van der Waals surface area contributed by atoms with E-state index in [4.69, 9.17) is 4.42 Å². The Kier molecular flexibility index (Phi) is 5.75. The maximum absolute atomic E-state index is 12.9. The van der Waals surface area contributed by atoms with Gasteiger partial charge in [-0.15, -0.1) is 0 Å². The number of carbonyl (C=O) groups excluding carboxylic acids is 1. The standard InChI is InChI=1S/C27H27N3O2/c1-19-6-2-3-7-22(19)27(31)29-24-9-5-4-8-23(24)26-17-21-16-20(10-11-25(21)32-26)18-30-14-12-28-13-15-30/h2-11,16-17,28H,12-15,18H2,1H3,(H,29,31). The normalized spacial score (nSPS) is 14.5. The molecule has 32 heavy (non-hydrogen) atoms. The Morgan fingerprint density at radius 1 is 1.00 bits per heavy atom. The highest BCUT2D eigenvalue weighted by Gasteiger charge is 2.15. The average molecular weight is 426 g/mol. The Hall–Kier alpha value is -3.41. The number of carbonyl (C=O) groups is 1. The number of amides is 1. The second kappa shape index (κ2) is 8.99. The molecule has 4 aromatic rings. The molecule has 1 aliphatic rings. The van der Waals surface area contributed by atoms with Crippen LogP contribution in [0.1, 0.15) is 21.5 Å². The van der Waals surface area contributed by atoms with Gasteiger partial charge in [-0.05, 0) is 54.4 Å². The van der Waals surface area contributed by atoms with Crippen LogP contribution in [0.25, 0.3) is 22.3 Å². The lowest BCUT2D eigenvalue weighted by Gasteiger charge is -2.27. The zero-order valence-electron chi connectivity index (χ0n) is 18.2. The summed E-state index contributed by atoms with van der Waals surface area (Å²) in [6.07, 6.45) is 0. The Morgan fingerprint density at radius 3 is 2.62 bits per heavy atom. The molecule has 5 rings (SSSR count). The topological polar surface area (TPSA) is 57.5 Å². The van der Waals surface area contributed by atoms with E-state index in [9.17, 15) is 4.79 Å². The number of para-hydroxylation sites is 1. The molecular formula is C27H27N3O2. The van der Waals surface area contributed by atoms with E-state index in [1.54, 1.807) is 0 Å². The molecular weight excluding hydrogens is 398 g/mol. The summed E-state index contributed by atoms with van der Waals surface area (Å²) in [5, 5.41) is 7.54. The van der Waals surface area contributed by atoms with Crippen molar-refractivity contribution in [2.75, 3.05) is 31.5 Å². The molecule has 0 radical (unpaired) electrons. The molecule has 1 amide bonds. The molecule has 2 heterocycles. The number of aryl methyl sites for hydroxylation is 1. The van der Waals surface area contributed by atoms with Crippen molar-refractivity contribution in [1.29, 1.82) is 0 Å². The molecule has 0 spiro atoms. The Bertz CT molecular complexity index is 1250. The molecule has 2 N–H and O–H groups in total. The molecule has 162 valence electrons. The maximum Gasteiger partial charge on any atom is 0.255 e. The molecule has 1 aromatic heterocycles. The van der Waals surface area contributed by atoms with E-state index in [-0.39, 0.29) is 5.91 Å². The van der Waals surface area contributed by atoms with Crippen molar-refractivity contribution in [2.45, 2.75) is 13.5 Å². The average Bonchev–Trinajstić information content (AvgIpc) is 3.23. The van der Waals surface area contributed by atoms with Crippen molar-refractivity contribution in [1.82, 2.24) is 10.2 Å². The summed E-state index contributed by atoms with van der Waals surface area (Å²) in [4.78, 5) is 15.3. The summed E-state index contributed by atoms with van der Waals surface area (Å²) < 4.78 is 6.18. The number of anilines is 1. The van der Waals surface area contributed by atoms with Gasteiger partial charge in [-0.1, -0.05) is 36.4 Å². The number of nitrogens with zero attached hydrogens (tertiary/aromatic N) is 1. The number of nitrogens with one attached hydrogen (secondary N) is 2. The smallest absolute Gasteiger partial charge is 0.255 e. The number of benzene rings is 3. The Morgan fingerprint density at radius 2 is 1.78 bits per heavy atom. The molecule has 1 aliphatic heterocycles. The first kappa shape index (κ1) is 20.5. The van der Waals surface area contributed by atoms with Gasteiger partial charge in [0.15, 0.2) is 0 Å². The Labute approximate surface area is 188 Å². The van der Waals surface area contributed by atoms with E-state index in [1.807, 2.05) is 61.5 Å². The molecule has 0 aliphatic carbocycles. The predicted molar refractivity (Wildman–Crippen MR) is 129 cm³/mol. The molecule has 0 atom stereocenters. The molecule has 0 unspecified atom stereocenters. The highest BCUT2D eigenvalue weighted by atomic mass is 16.3. The fourth-order valence-electron chi connectivity index (χ4n) is 4.28. The summed E-state index contributed by atoms with van der Waals surface area (Å²) in [7, 11) is 0. The van der Waals surface area contributed by atoms with Crippen LogP contribution in [0.5, 0.6) is 0 Å². The second-order valence-electron chi connectivity index (χ2n) is 8.32. The minimum Gasteiger partial charge on any atom is -0.456 e. The third-order valence-electron chi connectivity index (χ3n) is 6.03. The van der Waals surface area contributed by atoms with Gasteiger partial charge in [-0.25, -0.2) is 0 Å². The highest BCUT2D eigenvalue weighted by Crippen LogP contribution is 2.33. The summed E-state index contributed by atoms with van der Waals surface area (Å²) in [6, 6.07) is 23.8. The van der Waals surface area contributed by atoms with Gasteiger partial charge in [0, 0.05) is 49.2 Å². The van der Waals surface area contributed by atoms with Crippen molar-refractivity contribution in [2.24, 2.45) is 0 Å². The third kappa shape index (κ3) is 4.31. The predicted octanol–water partition coefficient (Wildman–Crippen LogP) is 5.07. The van der Waals surface area contributed by atoms with E-state index in [2.05, 4.69) is 33.7 Å². The molecule has 1 saturated heterocycles. The van der Waals surface area contributed by atoms with Crippen LogP contribution in [-0.2, 0) is 6.54 Å². The number of piperazine rings is 1. The largest absolute Gasteiger partial charge is 0.456 e. The SMILES string of the molecule is Cc1ccccc1C(=O)Nc1ccccc1-c1cc2cc(CN3CCNCC3)ccc2o1. The van der Waals surface area contributed by atoms with Crippen LogP contribution in [0.3, 0.4) is 0 Å². The number of rotatable bonds is 5. The second-order valence-corrected chi connectivity index (χ2v) is 8.32. The van der Waals surface area contributed by atoms with Crippen LogP contribution in [0.4, 0.5) is 5.69 Å². The van der Waals surface area contributed by atoms with Gasteiger partial charge < -0.3 is 15.1 Å². The minimum atomic E-state index is -0.120. The number of fused-ring (bicyclic) bond motifs is 1. The van der Waals surface area contributed by atoms with E-state index in [1.165, 1.54) is 5.56 Å². The molecule has 3 aromatic carbocycles. The monoisotopic (exact) mass is 425 g/mol. The quantitative estimate of drug-likeness (QED) is 0.469. The number of hydrogen-bond acceptors (Lipinski definition) is 4. The molecule has 5 heteroatoms. The van der Waals surface area contributed by atoms with E-state index in [0.717, 1.165) is 66.3 Å². The number of furan rings is 1. The van der Waals surface area contributed by atoms with Gasteiger partial charge in [0.25, 0.3) is 5.91 Å². The van der Waals surface area contributed by atoms with E-state index >= 15 is 0 Å². The van der Waals surface area contributed by atoms with Crippen molar-refractivity contribution < 1.29 is 9.21 Å². The summed E-state index contributed by atoms with van der Waals surface area (Å²) in [6.45, 7) is 7.12. The first-order valence-electron chi connectivity index (χ1n) is 11.1.